The quantitative estimate of drug-likeness (QED) is 0.786. The van der Waals surface area contributed by atoms with E-state index < -0.39 is 11.0 Å². The van der Waals surface area contributed by atoms with Crippen LogP contribution in [0.3, 0.4) is 0 Å². The topological polar surface area (TPSA) is 37.3 Å². The van der Waals surface area contributed by atoms with Crippen molar-refractivity contribution in [2.75, 3.05) is 0 Å². The number of carbonyl (C=O) groups excluding carboxylic acids is 1. The molecule has 0 aromatic carbocycles. The molecule has 1 saturated carbocycles. The lowest BCUT2D eigenvalue weighted by atomic mass is 9.69. The summed E-state index contributed by atoms with van der Waals surface area (Å²) in [7, 11) is 0. The van der Waals surface area contributed by atoms with Crippen LogP contribution < -0.4 is 0 Å². The molecule has 0 bridgehead atoms. The Labute approximate surface area is 99.4 Å². The van der Waals surface area contributed by atoms with Crippen molar-refractivity contribution >= 4 is 5.78 Å². The molecule has 94 valence electrons. The Morgan fingerprint density at radius 2 is 1.38 bits per heavy atom. The van der Waals surface area contributed by atoms with Crippen LogP contribution in [-0.4, -0.2) is 16.5 Å². The highest BCUT2D eigenvalue weighted by molar-refractivity contribution is 5.94. The maximum atomic E-state index is 12.3. The standard InChI is InChI=1S/C14H26O2/c1-8(2)10-11(9(3)4)14(7,16)12(15)13(10,5)6/h8-11,16H,1-7H3/t10-,11-,14-/m1/s1. The first-order valence-electron chi connectivity index (χ1n) is 6.31. The minimum absolute atomic E-state index is 0.0115. The average Bonchev–Trinajstić information content (AvgIpc) is 2.23. The Hall–Kier alpha value is -0.370. The molecular formula is C14H26O2. The molecule has 0 radical (unpaired) electrons. The Balaban J connectivity index is 3.28. The van der Waals surface area contributed by atoms with Crippen molar-refractivity contribution < 1.29 is 9.90 Å². The van der Waals surface area contributed by atoms with E-state index >= 15 is 0 Å². The summed E-state index contributed by atoms with van der Waals surface area (Å²) in [4.78, 5) is 12.3. The lowest BCUT2D eigenvalue weighted by Gasteiger charge is -2.36. The second-order valence-electron chi connectivity index (χ2n) is 6.74. The minimum Gasteiger partial charge on any atom is -0.382 e. The van der Waals surface area contributed by atoms with E-state index in [2.05, 4.69) is 27.7 Å². The van der Waals surface area contributed by atoms with Crippen LogP contribution in [0.5, 0.6) is 0 Å². The molecule has 0 unspecified atom stereocenters. The number of rotatable bonds is 2. The van der Waals surface area contributed by atoms with Crippen molar-refractivity contribution in [2.45, 2.75) is 54.1 Å². The van der Waals surface area contributed by atoms with Crippen LogP contribution in [0.4, 0.5) is 0 Å². The van der Waals surface area contributed by atoms with E-state index in [1.54, 1.807) is 6.92 Å². The molecule has 0 aliphatic heterocycles. The van der Waals surface area contributed by atoms with Gasteiger partial charge < -0.3 is 5.11 Å². The molecule has 0 aromatic heterocycles. The van der Waals surface area contributed by atoms with Gasteiger partial charge in [0.05, 0.1) is 0 Å². The van der Waals surface area contributed by atoms with Gasteiger partial charge >= 0.3 is 0 Å². The van der Waals surface area contributed by atoms with Gasteiger partial charge in [-0.2, -0.15) is 0 Å². The Morgan fingerprint density at radius 1 is 1.00 bits per heavy atom. The third-order valence-corrected chi connectivity index (χ3v) is 4.35. The first-order valence-corrected chi connectivity index (χ1v) is 6.31. The van der Waals surface area contributed by atoms with Gasteiger partial charge in [0.25, 0.3) is 0 Å². The van der Waals surface area contributed by atoms with E-state index in [1.807, 2.05) is 13.8 Å². The SMILES string of the molecule is CC(C)[C@@H]1[C@@H](C(C)C)[C@@](C)(O)C(=O)C1(C)C. The predicted molar refractivity (Wildman–Crippen MR) is 66.1 cm³/mol. The largest absolute Gasteiger partial charge is 0.382 e. The monoisotopic (exact) mass is 226 g/mol. The second-order valence-corrected chi connectivity index (χ2v) is 6.74. The zero-order valence-corrected chi connectivity index (χ0v) is 11.7. The number of ketones is 1. The van der Waals surface area contributed by atoms with Crippen molar-refractivity contribution in [2.24, 2.45) is 29.1 Å². The highest BCUT2D eigenvalue weighted by Crippen LogP contribution is 2.54. The Kier molecular flexibility index (Phi) is 3.28. The van der Waals surface area contributed by atoms with E-state index in [9.17, 15) is 9.90 Å². The van der Waals surface area contributed by atoms with E-state index in [0.29, 0.717) is 11.8 Å². The molecule has 3 atom stereocenters. The molecule has 1 aliphatic rings. The van der Waals surface area contributed by atoms with Gasteiger partial charge in [-0.25, -0.2) is 0 Å². The smallest absolute Gasteiger partial charge is 0.170 e. The molecular weight excluding hydrogens is 200 g/mol. The molecule has 1 fully saturated rings. The average molecular weight is 226 g/mol. The molecule has 1 N–H and O–H groups in total. The summed E-state index contributed by atoms with van der Waals surface area (Å²) in [6.07, 6.45) is 0. The summed E-state index contributed by atoms with van der Waals surface area (Å²) in [6.45, 7) is 14.2. The molecule has 2 nitrogen and oxygen atoms in total. The van der Waals surface area contributed by atoms with Gasteiger partial charge in [0, 0.05) is 11.3 Å². The molecule has 0 aromatic rings. The molecule has 1 aliphatic carbocycles. The van der Waals surface area contributed by atoms with Crippen LogP contribution in [0.15, 0.2) is 0 Å². The van der Waals surface area contributed by atoms with Crippen LogP contribution >= 0.6 is 0 Å². The molecule has 0 spiro atoms. The molecule has 0 saturated heterocycles. The summed E-state index contributed by atoms with van der Waals surface area (Å²) in [5.41, 5.74) is -1.57. The van der Waals surface area contributed by atoms with Gasteiger partial charge in [-0.3, -0.25) is 4.79 Å². The summed E-state index contributed by atoms with van der Waals surface area (Å²) in [5.74, 6) is 1.08. The van der Waals surface area contributed by atoms with Gasteiger partial charge in [0.1, 0.15) is 5.60 Å². The van der Waals surface area contributed by atoms with E-state index in [0.717, 1.165) is 0 Å². The second kappa shape index (κ2) is 3.83. The Morgan fingerprint density at radius 3 is 1.62 bits per heavy atom. The molecule has 0 amide bonds. The van der Waals surface area contributed by atoms with Gasteiger partial charge in [0.2, 0.25) is 0 Å². The van der Waals surface area contributed by atoms with Crippen molar-refractivity contribution in [3.05, 3.63) is 0 Å². The van der Waals surface area contributed by atoms with E-state index in [4.69, 9.17) is 0 Å². The summed E-state index contributed by atoms with van der Waals surface area (Å²) in [5, 5.41) is 10.5. The fourth-order valence-electron chi connectivity index (χ4n) is 4.07. The van der Waals surface area contributed by atoms with Gasteiger partial charge in [-0.15, -0.1) is 0 Å². The number of hydrogen-bond donors (Lipinski definition) is 1. The van der Waals surface area contributed by atoms with Crippen molar-refractivity contribution in [3.63, 3.8) is 0 Å². The van der Waals surface area contributed by atoms with Crippen LogP contribution in [0.25, 0.3) is 0 Å². The molecule has 16 heavy (non-hydrogen) atoms. The van der Waals surface area contributed by atoms with Gasteiger partial charge in [-0.05, 0) is 24.7 Å². The maximum Gasteiger partial charge on any atom is 0.170 e. The Bertz CT molecular complexity index is 259. The normalized spacial score (nSPS) is 38.8. The van der Waals surface area contributed by atoms with E-state index in [1.165, 1.54) is 0 Å². The lowest BCUT2D eigenvalue weighted by molar-refractivity contribution is -0.141. The van der Waals surface area contributed by atoms with Crippen LogP contribution in [-0.2, 0) is 4.79 Å². The van der Waals surface area contributed by atoms with Crippen molar-refractivity contribution in [1.29, 1.82) is 0 Å². The number of hydrogen-bond acceptors (Lipinski definition) is 2. The predicted octanol–water partition coefficient (Wildman–Crippen LogP) is 2.89. The number of aliphatic hydroxyl groups is 1. The van der Waals surface area contributed by atoms with E-state index in [-0.39, 0.29) is 17.6 Å². The first kappa shape index (κ1) is 13.7. The minimum atomic E-state index is -1.16. The lowest BCUT2D eigenvalue weighted by Crippen LogP contribution is -2.41. The fraction of sp³-hybridized carbons (Fsp3) is 0.929. The first-order chi connectivity index (χ1) is 7.04. The fourth-order valence-corrected chi connectivity index (χ4v) is 4.07. The number of carbonyl (C=O) groups is 1. The zero-order valence-electron chi connectivity index (χ0n) is 11.7. The third kappa shape index (κ3) is 1.71. The molecule has 2 heteroatoms. The van der Waals surface area contributed by atoms with Gasteiger partial charge in [-0.1, -0.05) is 41.5 Å². The summed E-state index contributed by atoms with van der Waals surface area (Å²) >= 11 is 0. The van der Waals surface area contributed by atoms with Crippen molar-refractivity contribution in [3.8, 4) is 0 Å². The molecule has 1 rings (SSSR count). The summed E-state index contributed by atoms with van der Waals surface area (Å²) in [6, 6.07) is 0. The third-order valence-electron chi connectivity index (χ3n) is 4.35. The van der Waals surface area contributed by atoms with Crippen LogP contribution in [0.2, 0.25) is 0 Å². The van der Waals surface area contributed by atoms with Crippen molar-refractivity contribution in [1.82, 2.24) is 0 Å². The number of Topliss-reactive ketones (excluding diaryl/α,β-unsaturated/α-hetero) is 1. The zero-order chi connectivity index (χ0) is 12.9. The molecule has 0 heterocycles. The van der Waals surface area contributed by atoms with Gasteiger partial charge in [0.15, 0.2) is 5.78 Å². The summed E-state index contributed by atoms with van der Waals surface area (Å²) < 4.78 is 0. The van der Waals surface area contributed by atoms with Crippen LogP contribution in [0.1, 0.15) is 48.5 Å². The van der Waals surface area contributed by atoms with Crippen LogP contribution in [0, 0.1) is 29.1 Å². The highest BCUT2D eigenvalue weighted by Gasteiger charge is 2.62. The maximum absolute atomic E-state index is 12.3. The highest BCUT2D eigenvalue weighted by atomic mass is 16.3.